The van der Waals surface area contributed by atoms with Crippen LogP contribution in [0.15, 0.2) is 35.4 Å². The molecular weight excluding hydrogens is 228 g/mol. The van der Waals surface area contributed by atoms with Crippen molar-refractivity contribution in [3.05, 3.63) is 41.0 Å². The third-order valence-electron chi connectivity index (χ3n) is 3.10. The highest BCUT2D eigenvalue weighted by molar-refractivity contribution is 6.04. The Bertz CT molecular complexity index is 509. The Kier molecular flexibility index (Phi) is 3.58. The fourth-order valence-electron chi connectivity index (χ4n) is 1.69. The minimum absolute atomic E-state index is 0.0201. The summed E-state index contributed by atoms with van der Waals surface area (Å²) in [7, 11) is 0. The van der Waals surface area contributed by atoms with E-state index in [9.17, 15) is 9.59 Å². The molecule has 0 atom stereocenters. The predicted octanol–water partition coefficient (Wildman–Crippen LogP) is 1.75. The average Bonchev–Trinajstić information content (AvgIpc) is 2.27. The third kappa shape index (κ3) is 2.65. The number of amides is 1. The van der Waals surface area contributed by atoms with Crippen LogP contribution >= 0.6 is 0 Å². The van der Waals surface area contributed by atoms with Crippen molar-refractivity contribution in [2.45, 2.75) is 13.8 Å². The van der Waals surface area contributed by atoms with Gasteiger partial charge in [0.2, 0.25) is 0 Å². The molecule has 0 unspecified atom stereocenters. The highest BCUT2D eigenvalue weighted by Gasteiger charge is 2.15. The summed E-state index contributed by atoms with van der Waals surface area (Å²) < 4.78 is 0. The second kappa shape index (κ2) is 5.14. The highest BCUT2D eigenvalue weighted by Crippen LogP contribution is 2.14. The first kappa shape index (κ1) is 12.5. The Labute approximate surface area is 106 Å². The van der Waals surface area contributed by atoms with E-state index in [1.807, 2.05) is 6.92 Å². The largest absolute Gasteiger partial charge is 0.322 e. The van der Waals surface area contributed by atoms with Crippen LogP contribution in [0.25, 0.3) is 0 Å². The first-order chi connectivity index (χ1) is 8.58. The summed E-state index contributed by atoms with van der Waals surface area (Å²) in [6, 6.07) is 6.91. The fraction of sp³-hybridized carbons (Fsp3) is 0.286. The van der Waals surface area contributed by atoms with Gasteiger partial charge in [0.15, 0.2) is 5.78 Å². The molecule has 1 aliphatic rings. The number of hydrogen-bond donors (Lipinski definition) is 2. The van der Waals surface area contributed by atoms with Crippen molar-refractivity contribution >= 4 is 17.4 Å². The van der Waals surface area contributed by atoms with Crippen LogP contribution in [0, 0.1) is 0 Å². The summed E-state index contributed by atoms with van der Waals surface area (Å²) in [4.78, 5) is 23.0. The van der Waals surface area contributed by atoms with E-state index in [4.69, 9.17) is 0 Å². The fourth-order valence-corrected chi connectivity index (χ4v) is 1.69. The summed E-state index contributed by atoms with van der Waals surface area (Å²) in [6.07, 6.45) is 0. The van der Waals surface area contributed by atoms with Crippen LogP contribution in [0.3, 0.4) is 0 Å². The van der Waals surface area contributed by atoms with Gasteiger partial charge in [-0.05, 0) is 43.7 Å². The van der Waals surface area contributed by atoms with Crippen LogP contribution in [0.4, 0.5) is 5.69 Å². The van der Waals surface area contributed by atoms with Crippen LogP contribution in [0.2, 0.25) is 0 Å². The van der Waals surface area contributed by atoms with Crippen LogP contribution in [-0.2, 0) is 4.79 Å². The van der Waals surface area contributed by atoms with Gasteiger partial charge in [0.05, 0.1) is 0 Å². The maximum absolute atomic E-state index is 11.9. The molecule has 1 heterocycles. The molecule has 2 N–H and O–H groups in total. The molecule has 2 rings (SSSR count). The van der Waals surface area contributed by atoms with Gasteiger partial charge in [-0.15, -0.1) is 0 Å². The van der Waals surface area contributed by atoms with Crippen LogP contribution in [0.1, 0.15) is 24.2 Å². The lowest BCUT2D eigenvalue weighted by Gasteiger charge is -2.21. The van der Waals surface area contributed by atoms with Gasteiger partial charge in [-0.25, -0.2) is 0 Å². The first-order valence-corrected chi connectivity index (χ1v) is 5.89. The van der Waals surface area contributed by atoms with Gasteiger partial charge in [0.1, 0.15) is 0 Å². The lowest BCUT2D eigenvalue weighted by Crippen LogP contribution is -2.36. The van der Waals surface area contributed by atoms with E-state index in [2.05, 4.69) is 10.6 Å². The zero-order valence-corrected chi connectivity index (χ0v) is 10.5. The molecule has 0 aromatic heterocycles. The molecule has 0 spiro atoms. The SMILES string of the molecule is CC(=O)c1ccc(NC(=O)C(C)=C2CNC2)cc1. The number of carbonyl (C=O) groups is 2. The summed E-state index contributed by atoms with van der Waals surface area (Å²) in [5, 5.41) is 5.93. The molecule has 0 saturated carbocycles. The minimum Gasteiger partial charge on any atom is -0.322 e. The lowest BCUT2D eigenvalue weighted by molar-refractivity contribution is -0.112. The average molecular weight is 244 g/mol. The van der Waals surface area contributed by atoms with Crippen molar-refractivity contribution in [1.29, 1.82) is 0 Å². The molecule has 0 radical (unpaired) electrons. The van der Waals surface area contributed by atoms with E-state index in [0.717, 1.165) is 24.2 Å². The molecule has 1 aromatic carbocycles. The van der Waals surface area contributed by atoms with E-state index < -0.39 is 0 Å². The Morgan fingerprint density at radius 2 is 1.72 bits per heavy atom. The second-order valence-corrected chi connectivity index (χ2v) is 4.42. The molecular formula is C14H16N2O2. The number of Topliss-reactive ketones (excluding diaryl/α,β-unsaturated/α-hetero) is 1. The van der Waals surface area contributed by atoms with Crippen LogP contribution < -0.4 is 10.6 Å². The maximum atomic E-state index is 11.9. The van der Waals surface area contributed by atoms with E-state index in [-0.39, 0.29) is 11.7 Å². The molecule has 1 aromatic rings. The Balaban J connectivity index is 2.05. The van der Waals surface area contributed by atoms with Crippen molar-refractivity contribution in [3.63, 3.8) is 0 Å². The van der Waals surface area contributed by atoms with Gasteiger partial charge in [0.25, 0.3) is 5.91 Å². The van der Waals surface area contributed by atoms with Crippen molar-refractivity contribution < 1.29 is 9.59 Å². The zero-order valence-electron chi connectivity index (χ0n) is 10.5. The topological polar surface area (TPSA) is 58.2 Å². The summed E-state index contributed by atoms with van der Waals surface area (Å²) in [6.45, 7) is 4.94. The van der Waals surface area contributed by atoms with Gasteiger partial charge in [-0.2, -0.15) is 0 Å². The van der Waals surface area contributed by atoms with Gasteiger partial charge in [-0.3, -0.25) is 9.59 Å². The van der Waals surface area contributed by atoms with Gasteiger partial charge in [-0.1, -0.05) is 0 Å². The van der Waals surface area contributed by atoms with Crippen molar-refractivity contribution in [2.24, 2.45) is 0 Å². The molecule has 1 amide bonds. The molecule has 0 aliphatic carbocycles. The van der Waals surface area contributed by atoms with E-state index in [1.54, 1.807) is 24.3 Å². The molecule has 1 aliphatic heterocycles. The first-order valence-electron chi connectivity index (χ1n) is 5.89. The quantitative estimate of drug-likeness (QED) is 0.629. The Hall–Kier alpha value is -1.94. The molecule has 4 heteroatoms. The van der Waals surface area contributed by atoms with E-state index >= 15 is 0 Å². The summed E-state index contributed by atoms with van der Waals surface area (Å²) >= 11 is 0. The smallest absolute Gasteiger partial charge is 0.251 e. The van der Waals surface area contributed by atoms with E-state index in [0.29, 0.717) is 11.3 Å². The van der Waals surface area contributed by atoms with Crippen molar-refractivity contribution in [2.75, 3.05) is 18.4 Å². The van der Waals surface area contributed by atoms with E-state index in [1.165, 1.54) is 6.92 Å². The summed E-state index contributed by atoms with van der Waals surface area (Å²) in [5.74, 6) is -0.0613. The molecule has 4 nitrogen and oxygen atoms in total. The van der Waals surface area contributed by atoms with Crippen molar-refractivity contribution in [1.82, 2.24) is 5.32 Å². The standard InChI is InChI=1S/C14H16N2O2/c1-9(12-7-15-8-12)14(18)16-13-5-3-11(4-6-13)10(2)17/h3-6,15H,7-8H2,1-2H3,(H,16,18). The Morgan fingerprint density at radius 1 is 1.11 bits per heavy atom. The summed E-state index contributed by atoms with van der Waals surface area (Å²) in [5.41, 5.74) is 3.26. The number of carbonyl (C=O) groups excluding carboxylic acids is 2. The lowest BCUT2D eigenvalue weighted by atomic mass is 10.0. The van der Waals surface area contributed by atoms with Crippen LogP contribution in [-0.4, -0.2) is 24.8 Å². The maximum Gasteiger partial charge on any atom is 0.251 e. The number of nitrogens with one attached hydrogen (secondary N) is 2. The normalized spacial score (nSPS) is 13.8. The van der Waals surface area contributed by atoms with Crippen LogP contribution in [0.5, 0.6) is 0 Å². The van der Waals surface area contributed by atoms with Crippen molar-refractivity contribution in [3.8, 4) is 0 Å². The molecule has 94 valence electrons. The highest BCUT2D eigenvalue weighted by atomic mass is 16.1. The monoisotopic (exact) mass is 244 g/mol. The van der Waals surface area contributed by atoms with Gasteiger partial charge >= 0.3 is 0 Å². The minimum atomic E-state index is -0.0814. The molecule has 1 fully saturated rings. The number of hydrogen-bond acceptors (Lipinski definition) is 3. The zero-order chi connectivity index (χ0) is 13.1. The molecule has 1 saturated heterocycles. The number of benzene rings is 1. The number of ketones is 1. The molecule has 0 bridgehead atoms. The van der Waals surface area contributed by atoms with Gasteiger partial charge < -0.3 is 10.6 Å². The van der Waals surface area contributed by atoms with Gasteiger partial charge in [0, 0.05) is 29.9 Å². The Morgan fingerprint density at radius 3 is 2.17 bits per heavy atom. The molecule has 18 heavy (non-hydrogen) atoms. The second-order valence-electron chi connectivity index (χ2n) is 4.42. The number of rotatable bonds is 3. The predicted molar refractivity (Wildman–Crippen MR) is 70.6 cm³/mol. The number of anilines is 1. The third-order valence-corrected chi connectivity index (χ3v) is 3.10.